The monoisotopic (exact) mass is 365 g/mol. The number of aromatic nitrogens is 3. The number of aryl methyl sites for hydroxylation is 1. The van der Waals surface area contributed by atoms with E-state index >= 15 is 0 Å². The number of anilines is 1. The number of aliphatic imine (C=N–C) groups is 1. The zero-order valence-electron chi connectivity index (χ0n) is 15.9. The highest BCUT2D eigenvalue weighted by molar-refractivity contribution is 5.81. The Morgan fingerprint density at radius 2 is 2.22 bits per heavy atom. The summed E-state index contributed by atoms with van der Waals surface area (Å²) in [5.41, 5.74) is 10.0. The molecule has 7 nitrogen and oxygen atoms in total. The van der Waals surface area contributed by atoms with E-state index in [1.165, 1.54) is 42.9 Å². The molecule has 0 aliphatic heterocycles. The highest BCUT2D eigenvalue weighted by atomic mass is 15.1. The zero-order valence-corrected chi connectivity index (χ0v) is 15.9. The molecule has 0 saturated heterocycles. The molecule has 0 fully saturated rings. The molecule has 1 heterocycles. The van der Waals surface area contributed by atoms with E-state index in [1.54, 1.807) is 13.3 Å². The number of allylic oxidation sites excluding steroid dienone is 1. The molecule has 0 amide bonds. The summed E-state index contributed by atoms with van der Waals surface area (Å²) in [5, 5.41) is 6.66. The summed E-state index contributed by atoms with van der Waals surface area (Å²) in [7, 11) is 1.68. The van der Waals surface area contributed by atoms with Crippen molar-refractivity contribution >= 4 is 12.2 Å². The maximum atomic E-state index is 5.59. The van der Waals surface area contributed by atoms with Gasteiger partial charge < -0.3 is 16.4 Å². The van der Waals surface area contributed by atoms with E-state index in [9.17, 15) is 0 Å². The average molecular weight is 365 g/mol. The average Bonchev–Trinajstić information content (AvgIpc) is 2.90. The molecule has 0 bridgehead atoms. The maximum Gasteiger partial charge on any atom is 0.230 e. The minimum atomic E-state index is 0.433. The van der Waals surface area contributed by atoms with E-state index in [1.807, 2.05) is 0 Å². The normalized spacial score (nSPS) is 17.6. The molecular weight excluding hydrogens is 338 g/mol. The fourth-order valence-electron chi connectivity index (χ4n) is 3.46. The largest absolute Gasteiger partial charge is 0.403 e. The highest BCUT2D eigenvalue weighted by Gasteiger charge is 2.18. The van der Waals surface area contributed by atoms with Crippen LogP contribution in [0.2, 0.25) is 0 Å². The van der Waals surface area contributed by atoms with E-state index in [0.29, 0.717) is 23.5 Å². The lowest BCUT2D eigenvalue weighted by Gasteiger charge is -2.19. The molecule has 1 aliphatic carbocycles. The number of nitrogens with one attached hydrogen (secondary N) is 2. The molecule has 1 aromatic heterocycles. The van der Waals surface area contributed by atoms with Crippen molar-refractivity contribution in [1.82, 2.24) is 20.3 Å². The summed E-state index contributed by atoms with van der Waals surface area (Å²) < 4.78 is 0. The number of benzene rings is 1. The predicted molar refractivity (Wildman–Crippen MR) is 110 cm³/mol. The first-order valence-corrected chi connectivity index (χ1v) is 9.41. The third-order valence-corrected chi connectivity index (χ3v) is 4.69. The molecular formula is C20H27N7. The second-order valence-electron chi connectivity index (χ2n) is 6.54. The lowest BCUT2D eigenvalue weighted by molar-refractivity contribution is 0.504. The third-order valence-electron chi connectivity index (χ3n) is 4.69. The minimum Gasteiger partial charge on any atom is -0.403 e. The number of nitrogens with zero attached hydrogens (tertiary/aromatic N) is 4. The number of nitrogens with two attached hydrogens (primary N) is 1. The van der Waals surface area contributed by atoms with Crippen LogP contribution in [0.1, 0.15) is 43.4 Å². The molecule has 4 N–H and O–H groups in total. The van der Waals surface area contributed by atoms with Gasteiger partial charge >= 0.3 is 0 Å². The summed E-state index contributed by atoms with van der Waals surface area (Å²) in [6, 6.07) is 6.97. The van der Waals surface area contributed by atoms with Crippen LogP contribution in [0.5, 0.6) is 0 Å². The van der Waals surface area contributed by atoms with Crippen LogP contribution < -0.4 is 16.4 Å². The molecule has 0 saturated carbocycles. The van der Waals surface area contributed by atoms with Crippen molar-refractivity contribution in [3.8, 4) is 11.4 Å². The number of hydrogen-bond donors (Lipinski definition) is 3. The van der Waals surface area contributed by atoms with Crippen LogP contribution in [-0.2, 0) is 6.42 Å². The summed E-state index contributed by atoms with van der Waals surface area (Å²) in [5.74, 6) is 1.08. The Morgan fingerprint density at radius 1 is 1.33 bits per heavy atom. The van der Waals surface area contributed by atoms with Crippen LogP contribution >= 0.6 is 0 Å². The van der Waals surface area contributed by atoms with Crippen molar-refractivity contribution in [2.45, 2.75) is 38.6 Å². The van der Waals surface area contributed by atoms with Gasteiger partial charge in [0.25, 0.3) is 0 Å². The van der Waals surface area contributed by atoms with E-state index in [2.05, 4.69) is 55.7 Å². The number of rotatable bonds is 6. The third kappa shape index (κ3) is 4.68. The molecule has 2 aromatic rings. The Labute approximate surface area is 160 Å². The van der Waals surface area contributed by atoms with Crippen molar-refractivity contribution in [2.75, 3.05) is 18.9 Å². The molecule has 3 rings (SSSR count). The molecule has 27 heavy (non-hydrogen) atoms. The van der Waals surface area contributed by atoms with Crippen molar-refractivity contribution in [2.24, 2.45) is 10.7 Å². The van der Waals surface area contributed by atoms with E-state index in [-0.39, 0.29) is 0 Å². The van der Waals surface area contributed by atoms with Crippen molar-refractivity contribution in [3.63, 3.8) is 0 Å². The predicted octanol–water partition coefficient (Wildman–Crippen LogP) is 2.83. The van der Waals surface area contributed by atoms with Gasteiger partial charge in [0.05, 0.1) is 5.70 Å². The van der Waals surface area contributed by atoms with Gasteiger partial charge in [0, 0.05) is 31.1 Å². The SMILES string of the molecule is CCNC1CCCCc2cc(-c3ncnc(NC(C=NC)=CN)n3)ccc21. The first-order valence-electron chi connectivity index (χ1n) is 9.41. The molecule has 1 unspecified atom stereocenters. The fourth-order valence-corrected chi connectivity index (χ4v) is 3.46. The van der Waals surface area contributed by atoms with Gasteiger partial charge in [-0.15, -0.1) is 0 Å². The van der Waals surface area contributed by atoms with Gasteiger partial charge in [0.2, 0.25) is 5.95 Å². The van der Waals surface area contributed by atoms with Gasteiger partial charge in [0.1, 0.15) is 6.33 Å². The van der Waals surface area contributed by atoms with Crippen LogP contribution in [0, 0.1) is 0 Å². The van der Waals surface area contributed by atoms with E-state index in [4.69, 9.17) is 5.73 Å². The van der Waals surface area contributed by atoms with E-state index < -0.39 is 0 Å². The van der Waals surface area contributed by atoms with Crippen LogP contribution in [0.3, 0.4) is 0 Å². The molecule has 142 valence electrons. The second-order valence-corrected chi connectivity index (χ2v) is 6.54. The van der Waals surface area contributed by atoms with Crippen molar-refractivity contribution in [3.05, 3.63) is 47.6 Å². The Hall–Kier alpha value is -2.80. The second kappa shape index (κ2) is 9.23. The standard InChI is InChI=1S/C20H27N7/c1-3-23-18-7-5-4-6-14-10-15(8-9-17(14)18)19-24-13-25-20(27-19)26-16(11-21)12-22-2/h8-13,18,23H,3-7,21H2,1-2H3,(H,24,25,26,27). The number of hydrogen-bond acceptors (Lipinski definition) is 7. The molecule has 1 atom stereocenters. The lowest BCUT2D eigenvalue weighted by Crippen LogP contribution is -2.21. The maximum absolute atomic E-state index is 5.59. The first-order chi connectivity index (χ1) is 13.2. The van der Waals surface area contributed by atoms with Gasteiger partial charge in [-0.3, -0.25) is 4.99 Å². The highest BCUT2D eigenvalue weighted by Crippen LogP contribution is 2.31. The van der Waals surface area contributed by atoms with Crippen LogP contribution in [-0.4, -0.2) is 34.8 Å². The minimum absolute atomic E-state index is 0.433. The lowest BCUT2D eigenvalue weighted by atomic mass is 9.96. The smallest absolute Gasteiger partial charge is 0.230 e. The van der Waals surface area contributed by atoms with Gasteiger partial charge in [-0.05, 0) is 43.0 Å². The Morgan fingerprint density at radius 3 is 3.00 bits per heavy atom. The van der Waals surface area contributed by atoms with Crippen molar-refractivity contribution in [1.29, 1.82) is 0 Å². The first kappa shape index (κ1) is 19.0. The van der Waals surface area contributed by atoms with Crippen LogP contribution in [0.25, 0.3) is 11.4 Å². The summed E-state index contributed by atoms with van der Waals surface area (Å²) in [6.45, 7) is 3.14. The molecule has 7 heteroatoms. The molecule has 1 aliphatic rings. The Bertz CT molecular complexity index is 829. The summed E-state index contributed by atoms with van der Waals surface area (Å²) in [6.07, 6.45) is 9.29. The quantitative estimate of drug-likeness (QED) is 0.537. The number of fused-ring (bicyclic) bond motifs is 1. The van der Waals surface area contributed by atoms with Gasteiger partial charge in [-0.2, -0.15) is 4.98 Å². The Balaban J connectivity index is 1.89. The van der Waals surface area contributed by atoms with E-state index in [0.717, 1.165) is 18.5 Å². The fraction of sp³-hybridized carbons (Fsp3) is 0.400. The summed E-state index contributed by atoms with van der Waals surface area (Å²) in [4.78, 5) is 17.0. The van der Waals surface area contributed by atoms with Gasteiger partial charge in [-0.1, -0.05) is 25.5 Å². The zero-order chi connectivity index (χ0) is 19.1. The molecule has 0 radical (unpaired) electrons. The topological polar surface area (TPSA) is 101 Å². The molecule has 1 aromatic carbocycles. The Kier molecular flexibility index (Phi) is 6.49. The van der Waals surface area contributed by atoms with Crippen LogP contribution in [0.4, 0.5) is 5.95 Å². The van der Waals surface area contributed by atoms with Gasteiger partial charge in [0.15, 0.2) is 5.82 Å². The molecule has 0 spiro atoms. The van der Waals surface area contributed by atoms with Gasteiger partial charge in [-0.25, -0.2) is 9.97 Å². The summed E-state index contributed by atoms with van der Waals surface area (Å²) >= 11 is 0. The van der Waals surface area contributed by atoms with Crippen LogP contribution in [0.15, 0.2) is 41.4 Å². The van der Waals surface area contributed by atoms with Crippen molar-refractivity contribution < 1.29 is 0 Å².